The zero-order valence-corrected chi connectivity index (χ0v) is 20.2. The van der Waals surface area contributed by atoms with Gasteiger partial charge in [-0.15, -0.1) is 0 Å². The van der Waals surface area contributed by atoms with Gasteiger partial charge in [0, 0.05) is 48.2 Å². The molecular weight excluding hydrogens is 431 g/mol. The lowest BCUT2D eigenvalue weighted by atomic mass is 10.0. The molecule has 0 aromatic heterocycles. The smallest absolute Gasteiger partial charge is 0.270 e. The van der Waals surface area contributed by atoms with E-state index in [1.165, 1.54) is 29.5 Å². The summed E-state index contributed by atoms with van der Waals surface area (Å²) in [5.41, 5.74) is 5.68. The van der Waals surface area contributed by atoms with E-state index in [0.717, 1.165) is 24.2 Å². The van der Waals surface area contributed by atoms with Crippen molar-refractivity contribution in [1.82, 2.24) is 15.5 Å². The molecule has 1 aromatic carbocycles. The van der Waals surface area contributed by atoms with Crippen LogP contribution in [0.4, 0.5) is 4.39 Å². The maximum atomic E-state index is 14.4. The number of hydrogen-bond donors (Lipinski definition) is 2. The van der Waals surface area contributed by atoms with Crippen molar-refractivity contribution in [3.05, 3.63) is 88.4 Å². The number of hydrogen-bond acceptors (Lipinski definition) is 5. The summed E-state index contributed by atoms with van der Waals surface area (Å²) in [5, 5.41) is 6.30. The van der Waals surface area contributed by atoms with E-state index in [0.29, 0.717) is 36.4 Å². The van der Waals surface area contributed by atoms with Crippen LogP contribution < -0.4 is 10.6 Å². The highest BCUT2D eigenvalue weighted by Gasteiger charge is 2.21. The highest BCUT2D eigenvalue weighted by atomic mass is 19.1. The van der Waals surface area contributed by atoms with Crippen molar-refractivity contribution in [2.24, 2.45) is 4.99 Å². The third kappa shape index (κ3) is 5.78. The first kappa shape index (κ1) is 24.9. The molecule has 178 valence electrons. The van der Waals surface area contributed by atoms with Crippen LogP contribution >= 0.6 is 0 Å². The first-order chi connectivity index (χ1) is 16.2. The van der Waals surface area contributed by atoms with E-state index >= 15 is 0 Å². The van der Waals surface area contributed by atoms with Crippen molar-refractivity contribution in [1.29, 1.82) is 0 Å². The van der Waals surface area contributed by atoms with E-state index < -0.39 is 5.82 Å². The Bertz CT molecular complexity index is 1170. The van der Waals surface area contributed by atoms with E-state index in [-0.39, 0.29) is 17.0 Å². The Kier molecular flexibility index (Phi) is 7.99. The maximum absolute atomic E-state index is 14.4. The Morgan fingerprint density at radius 2 is 2.15 bits per heavy atom. The van der Waals surface area contributed by atoms with Crippen LogP contribution in [-0.2, 0) is 4.79 Å². The minimum Gasteiger partial charge on any atom is -0.363 e. The lowest BCUT2D eigenvalue weighted by molar-refractivity contribution is -0.114. The van der Waals surface area contributed by atoms with Gasteiger partial charge in [0.1, 0.15) is 23.6 Å². The molecule has 34 heavy (non-hydrogen) atoms. The van der Waals surface area contributed by atoms with Gasteiger partial charge in [-0.25, -0.2) is 9.38 Å². The number of aldehydes is 1. The molecular formula is C27H31FN4O2. The summed E-state index contributed by atoms with van der Waals surface area (Å²) in [6.45, 7) is 10.6. The highest BCUT2D eigenvalue weighted by molar-refractivity contribution is 6.43. The van der Waals surface area contributed by atoms with Crippen LogP contribution in [0.3, 0.4) is 0 Å². The molecule has 0 saturated heterocycles. The molecule has 1 amide bonds. The minimum absolute atomic E-state index is 0.255. The van der Waals surface area contributed by atoms with Crippen molar-refractivity contribution < 1.29 is 14.0 Å². The molecule has 0 atom stereocenters. The summed E-state index contributed by atoms with van der Waals surface area (Å²) < 4.78 is 14.4. The fraction of sp³-hybridized carbons (Fsp3) is 0.296. The quantitative estimate of drug-likeness (QED) is 0.542. The SMILES string of the molecule is C=C(/C=C1/N=C(C(=O)NCC/C(C)=C2/CC=C(C)N2)C=C(CC)N1C)c1ccc(C=O)cc1F. The predicted octanol–water partition coefficient (Wildman–Crippen LogP) is 4.85. The van der Waals surface area contributed by atoms with E-state index in [4.69, 9.17) is 0 Å². The molecule has 0 fully saturated rings. The molecule has 0 aliphatic carbocycles. The Morgan fingerprint density at radius 1 is 1.38 bits per heavy atom. The molecule has 2 aliphatic heterocycles. The van der Waals surface area contributed by atoms with Crippen LogP contribution in [0, 0.1) is 5.82 Å². The number of benzene rings is 1. The van der Waals surface area contributed by atoms with Gasteiger partial charge in [0.2, 0.25) is 0 Å². The molecule has 2 heterocycles. The van der Waals surface area contributed by atoms with Gasteiger partial charge in [-0.1, -0.05) is 37.3 Å². The van der Waals surface area contributed by atoms with E-state index in [1.54, 1.807) is 12.2 Å². The Balaban J connectivity index is 1.75. The third-order valence-electron chi connectivity index (χ3n) is 5.95. The third-order valence-corrected chi connectivity index (χ3v) is 5.95. The average molecular weight is 463 g/mol. The normalized spacial score (nSPS) is 18.1. The first-order valence-electron chi connectivity index (χ1n) is 11.3. The van der Waals surface area contributed by atoms with Gasteiger partial charge in [0.15, 0.2) is 0 Å². The number of halogens is 1. The molecule has 0 bridgehead atoms. The van der Waals surface area contributed by atoms with Crippen LogP contribution in [0.15, 0.2) is 76.5 Å². The van der Waals surface area contributed by atoms with E-state index in [2.05, 4.69) is 35.2 Å². The topological polar surface area (TPSA) is 73.8 Å². The van der Waals surface area contributed by atoms with Gasteiger partial charge < -0.3 is 15.5 Å². The van der Waals surface area contributed by atoms with Gasteiger partial charge in [-0.3, -0.25) is 9.59 Å². The molecule has 2 N–H and O–H groups in total. The predicted molar refractivity (Wildman–Crippen MR) is 134 cm³/mol. The van der Waals surface area contributed by atoms with Crippen molar-refractivity contribution in [3.8, 4) is 0 Å². The monoisotopic (exact) mass is 462 g/mol. The van der Waals surface area contributed by atoms with Crippen molar-refractivity contribution in [2.45, 2.75) is 40.0 Å². The molecule has 7 heteroatoms. The number of allylic oxidation sites excluding steroid dienone is 5. The van der Waals surface area contributed by atoms with Gasteiger partial charge >= 0.3 is 0 Å². The molecule has 0 radical (unpaired) electrons. The summed E-state index contributed by atoms with van der Waals surface area (Å²) in [4.78, 5) is 30.1. The number of nitrogens with one attached hydrogen (secondary N) is 2. The van der Waals surface area contributed by atoms with Gasteiger partial charge in [0.05, 0.1) is 0 Å². The zero-order chi connectivity index (χ0) is 24.8. The molecule has 0 spiro atoms. The van der Waals surface area contributed by atoms with Crippen LogP contribution in [0.2, 0.25) is 0 Å². The number of carbonyl (C=O) groups excluding carboxylic acids is 2. The van der Waals surface area contributed by atoms with Crippen LogP contribution in [0.25, 0.3) is 5.57 Å². The maximum Gasteiger partial charge on any atom is 0.270 e. The second kappa shape index (κ2) is 10.9. The fourth-order valence-electron chi connectivity index (χ4n) is 3.80. The number of rotatable bonds is 8. The largest absolute Gasteiger partial charge is 0.363 e. The lowest BCUT2D eigenvalue weighted by Crippen LogP contribution is -2.34. The number of carbonyl (C=O) groups is 2. The number of amides is 1. The number of aliphatic imine (C=N–C) groups is 1. The molecule has 3 rings (SSSR count). The second-order valence-corrected chi connectivity index (χ2v) is 8.41. The summed E-state index contributed by atoms with van der Waals surface area (Å²) in [6.07, 6.45) is 8.48. The van der Waals surface area contributed by atoms with Gasteiger partial charge in [-0.05, 0) is 50.5 Å². The molecule has 6 nitrogen and oxygen atoms in total. The van der Waals surface area contributed by atoms with Crippen molar-refractivity contribution in [2.75, 3.05) is 13.6 Å². The highest BCUT2D eigenvalue weighted by Crippen LogP contribution is 2.26. The van der Waals surface area contributed by atoms with Crippen LogP contribution in [0.5, 0.6) is 0 Å². The lowest BCUT2D eigenvalue weighted by Gasteiger charge is -2.27. The summed E-state index contributed by atoms with van der Waals surface area (Å²) in [6, 6.07) is 4.23. The standard InChI is InChI=1S/C27H31FN4O2/c1-6-21-15-25(27(34)29-12-11-17(2)24-10-7-19(4)30-24)31-26(32(21)5)13-18(3)22-9-8-20(16-33)14-23(22)28/h7-9,13-16,30H,3,6,10-12H2,1-2,4-5H3,(H,29,34)/b24-17-,26-13-. The fourth-order valence-corrected chi connectivity index (χ4v) is 3.80. The van der Waals surface area contributed by atoms with Crippen LogP contribution in [-0.4, -0.2) is 36.4 Å². The Morgan fingerprint density at radius 3 is 2.76 bits per heavy atom. The number of nitrogens with zero attached hydrogens (tertiary/aromatic N) is 2. The zero-order valence-electron chi connectivity index (χ0n) is 20.2. The van der Waals surface area contributed by atoms with Gasteiger partial charge in [0.25, 0.3) is 5.91 Å². The molecule has 2 aliphatic rings. The van der Waals surface area contributed by atoms with Crippen LogP contribution in [0.1, 0.15) is 56.0 Å². The van der Waals surface area contributed by atoms with Gasteiger partial charge in [-0.2, -0.15) is 0 Å². The molecule has 0 unspecified atom stereocenters. The van der Waals surface area contributed by atoms with E-state index in [1.807, 2.05) is 25.8 Å². The average Bonchev–Trinajstić information content (AvgIpc) is 3.26. The van der Waals surface area contributed by atoms with E-state index in [9.17, 15) is 14.0 Å². The second-order valence-electron chi connectivity index (χ2n) is 8.41. The Labute approximate surface area is 200 Å². The first-order valence-corrected chi connectivity index (χ1v) is 11.3. The minimum atomic E-state index is -0.537. The van der Waals surface area contributed by atoms with Crippen molar-refractivity contribution in [3.63, 3.8) is 0 Å². The van der Waals surface area contributed by atoms with Crippen molar-refractivity contribution >= 4 is 23.5 Å². The summed E-state index contributed by atoms with van der Waals surface area (Å²) >= 11 is 0. The Hall–Kier alpha value is -3.74. The summed E-state index contributed by atoms with van der Waals surface area (Å²) in [7, 11) is 1.85. The molecule has 0 saturated carbocycles. The summed E-state index contributed by atoms with van der Waals surface area (Å²) in [5.74, 6) is -0.309. The molecule has 1 aromatic rings.